The summed E-state index contributed by atoms with van der Waals surface area (Å²) in [6.45, 7) is 4.06. The van der Waals surface area contributed by atoms with Crippen molar-refractivity contribution in [3.05, 3.63) is 64.6 Å². The van der Waals surface area contributed by atoms with Gasteiger partial charge in [-0.1, -0.05) is 67.4 Å². The first-order valence-corrected chi connectivity index (χ1v) is 9.76. The summed E-state index contributed by atoms with van der Waals surface area (Å²) in [4.78, 5) is 9.18. The zero-order chi connectivity index (χ0) is 20.1. The molecular weight excluding hydrogens is 395 g/mol. The smallest absolute Gasteiger partial charge is 0.225 e. The molecule has 1 aromatic heterocycles. The number of aromatic nitrogens is 2. The van der Waals surface area contributed by atoms with E-state index in [0.29, 0.717) is 21.8 Å². The molecule has 1 heterocycles. The van der Waals surface area contributed by atoms with E-state index in [0.717, 1.165) is 16.9 Å². The summed E-state index contributed by atoms with van der Waals surface area (Å²) in [5.74, 6) is 1.27. The molecule has 0 aliphatic heterocycles. The van der Waals surface area contributed by atoms with Crippen LogP contribution in [0.2, 0.25) is 10.0 Å². The molecule has 0 saturated heterocycles. The summed E-state index contributed by atoms with van der Waals surface area (Å²) in [7, 11) is 0. The lowest BCUT2D eigenvalue weighted by Gasteiger charge is -2.20. The highest BCUT2D eigenvalue weighted by molar-refractivity contribution is 6.42. The van der Waals surface area contributed by atoms with Crippen LogP contribution in [-0.2, 0) is 0 Å². The number of benzene rings is 2. The van der Waals surface area contributed by atoms with Gasteiger partial charge in [0.05, 0.1) is 28.4 Å². The number of nitrogens with zero attached hydrogens (tertiary/aromatic N) is 2. The van der Waals surface area contributed by atoms with E-state index >= 15 is 0 Å². The van der Waals surface area contributed by atoms with Crippen LogP contribution in [0.3, 0.4) is 0 Å². The third kappa shape index (κ3) is 5.13. The van der Waals surface area contributed by atoms with Crippen molar-refractivity contribution in [2.45, 2.75) is 19.9 Å². The number of nitrogens with one attached hydrogen (secondary N) is 2. The van der Waals surface area contributed by atoms with Crippen molar-refractivity contribution < 1.29 is 5.11 Å². The molecule has 3 N–H and O–H groups in total. The molecule has 2 aromatic carbocycles. The van der Waals surface area contributed by atoms with Crippen molar-refractivity contribution in [3.8, 4) is 11.3 Å². The minimum absolute atomic E-state index is 0.00779. The Labute approximate surface area is 174 Å². The third-order valence-electron chi connectivity index (χ3n) is 4.30. The molecule has 0 unspecified atom stereocenters. The van der Waals surface area contributed by atoms with Crippen LogP contribution in [0.4, 0.5) is 17.5 Å². The van der Waals surface area contributed by atoms with E-state index in [9.17, 15) is 5.11 Å². The highest BCUT2D eigenvalue weighted by atomic mass is 35.5. The summed E-state index contributed by atoms with van der Waals surface area (Å²) in [6.07, 6.45) is 0. The Bertz CT molecular complexity index is 935. The van der Waals surface area contributed by atoms with Gasteiger partial charge < -0.3 is 15.7 Å². The number of hydrogen-bond donors (Lipinski definition) is 3. The molecule has 0 radical (unpaired) electrons. The van der Waals surface area contributed by atoms with Gasteiger partial charge in [-0.15, -0.1) is 0 Å². The van der Waals surface area contributed by atoms with Crippen LogP contribution in [0.1, 0.15) is 13.8 Å². The van der Waals surface area contributed by atoms with E-state index in [1.54, 1.807) is 12.1 Å². The van der Waals surface area contributed by atoms with Crippen molar-refractivity contribution in [1.29, 1.82) is 0 Å². The fraction of sp³-hybridized carbons (Fsp3) is 0.238. The molecule has 7 heteroatoms. The standard InChI is InChI=1S/C21H22Cl2N4O/c1-13(2)19(12-28)26-21-25-18(14-6-4-3-5-7-14)11-20(27-21)24-15-8-9-16(22)17(23)10-15/h3-11,13,19,28H,12H2,1-2H3,(H2,24,25,26,27)/t19-/m0/s1. The number of rotatable bonds is 7. The van der Waals surface area contributed by atoms with Gasteiger partial charge in [0.25, 0.3) is 0 Å². The van der Waals surface area contributed by atoms with Gasteiger partial charge in [0.1, 0.15) is 5.82 Å². The molecule has 0 bridgehead atoms. The lowest BCUT2D eigenvalue weighted by molar-refractivity contribution is 0.248. The van der Waals surface area contributed by atoms with E-state index in [2.05, 4.69) is 20.6 Å². The van der Waals surface area contributed by atoms with Gasteiger partial charge >= 0.3 is 0 Å². The first kappa shape index (κ1) is 20.4. The third-order valence-corrected chi connectivity index (χ3v) is 5.04. The maximum absolute atomic E-state index is 9.64. The molecule has 3 rings (SSSR count). The fourth-order valence-corrected chi connectivity index (χ4v) is 2.94. The van der Waals surface area contributed by atoms with Gasteiger partial charge in [0.2, 0.25) is 5.95 Å². The normalized spacial score (nSPS) is 12.1. The molecule has 0 aliphatic rings. The topological polar surface area (TPSA) is 70.1 Å². The van der Waals surface area contributed by atoms with Crippen LogP contribution in [0.15, 0.2) is 54.6 Å². The Balaban J connectivity index is 1.97. The quantitative estimate of drug-likeness (QED) is 0.465. The van der Waals surface area contributed by atoms with Crippen molar-refractivity contribution in [2.24, 2.45) is 5.92 Å². The molecule has 3 aromatic rings. The van der Waals surface area contributed by atoms with Crippen LogP contribution in [-0.4, -0.2) is 27.7 Å². The number of anilines is 3. The Kier molecular flexibility index (Phi) is 6.73. The predicted octanol–water partition coefficient (Wildman–Crippen LogP) is 5.62. The lowest BCUT2D eigenvalue weighted by Crippen LogP contribution is -2.30. The van der Waals surface area contributed by atoms with Gasteiger partial charge in [0, 0.05) is 17.3 Å². The molecule has 0 aliphatic carbocycles. The van der Waals surface area contributed by atoms with Crippen molar-refractivity contribution >= 4 is 40.7 Å². The number of halogens is 2. The van der Waals surface area contributed by atoms with Crippen LogP contribution in [0.5, 0.6) is 0 Å². The second kappa shape index (κ2) is 9.24. The fourth-order valence-electron chi connectivity index (χ4n) is 2.64. The average Bonchev–Trinajstić information content (AvgIpc) is 2.69. The summed E-state index contributed by atoms with van der Waals surface area (Å²) in [6, 6.07) is 16.9. The van der Waals surface area contributed by atoms with Crippen LogP contribution < -0.4 is 10.6 Å². The van der Waals surface area contributed by atoms with E-state index in [1.165, 1.54) is 0 Å². The average molecular weight is 417 g/mol. The molecule has 5 nitrogen and oxygen atoms in total. The Morgan fingerprint density at radius 1 is 0.964 bits per heavy atom. The zero-order valence-electron chi connectivity index (χ0n) is 15.7. The minimum Gasteiger partial charge on any atom is -0.394 e. The van der Waals surface area contributed by atoms with E-state index in [4.69, 9.17) is 23.2 Å². The lowest BCUT2D eigenvalue weighted by atomic mass is 10.1. The van der Waals surface area contributed by atoms with Crippen LogP contribution in [0.25, 0.3) is 11.3 Å². The molecular formula is C21H22Cl2N4O. The molecule has 0 spiro atoms. The Morgan fingerprint density at radius 3 is 2.36 bits per heavy atom. The Morgan fingerprint density at radius 2 is 1.71 bits per heavy atom. The first-order valence-electron chi connectivity index (χ1n) is 9.00. The molecule has 0 amide bonds. The highest BCUT2D eigenvalue weighted by Crippen LogP contribution is 2.28. The maximum Gasteiger partial charge on any atom is 0.225 e. The summed E-state index contributed by atoms with van der Waals surface area (Å²) >= 11 is 12.1. The second-order valence-corrected chi connectivity index (χ2v) is 7.57. The molecule has 28 heavy (non-hydrogen) atoms. The number of aliphatic hydroxyl groups is 1. The SMILES string of the molecule is CC(C)[C@H](CO)Nc1nc(Nc2ccc(Cl)c(Cl)c2)cc(-c2ccccc2)n1. The number of hydrogen-bond acceptors (Lipinski definition) is 5. The minimum atomic E-state index is -0.149. The van der Waals surface area contributed by atoms with Crippen molar-refractivity contribution in [1.82, 2.24) is 9.97 Å². The molecule has 1 atom stereocenters. The van der Waals surface area contributed by atoms with Gasteiger partial charge in [-0.05, 0) is 24.1 Å². The summed E-state index contributed by atoms with van der Waals surface area (Å²) in [5.41, 5.74) is 2.50. The summed E-state index contributed by atoms with van der Waals surface area (Å²) in [5, 5.41) is 17.1. The van der Waals surface area contributed by atoms with Crippen molar-refractivity contribution in [3.63, 3.8) is 0 Å². The maximum atomic E-state index is 9.64. The van der Waals surface area contributed by atoms with Gasteiger partial charge in [-0.25, -0.2) is 4.98 Å². The molecule has 146 valence electrons. The van der Waals surface area contributed by atoms with Crippen molar-refractivity contribution in [2.75, 3.05) is 17.2 Å². The molecule has 0 fully saturated rings. The van der Waals surface area contributed by atoms with E-state index < -0.39 is 0 Å². The van der Waals surface area contributed by atoms with E-state index in [1.807, 2.05) is 56.3 Å². The second-order valence-electron chi connectivity index (χ2n) is 6.76. The Hall–Kier alpha value is -2.34. The first-order chi connectivity index (χ1) is 13.5. The predicted molar refractivity (Wildman–Crippen MR) is 117 cm³/mol. The van der Waals surface area contributed by atoms with E-state index in [-0.39, 0.29) is 18.6 Å². The van der Waals surface area contributed by atoms with Crippen LogP contribution >= 0.6 is 23.2 Å². The molecule has 0 saturated carbocycles. The largest absolute Gasteiger partial charge is 0.394 e. The number of aliphatic hydroxyl groups excluding tert-OH is 1. The van der Waals surface area contributed by atoms with Gasteiger partial charge in [-0.3, -0.25) is 0 Å². The van der Waals surface area contributed by atoms with Gasteiger partial charge in [0.15, 0.2) is 0 Å². The summed E-state index contributed by atoms with van der Waals surface area (Å²) < 4.78 is 0. The van der Waals surface area contributed by atoms with Gasteiger partial charge in [-0.2, -0.15) is 4.98 Å². The van der Waals surface area contributed by atoms with Crippen LogP contribution in [0, 0.1) is 5.92 Å². The zero-order valence-corrected chi connectivity index (χ0v) is 17.2. The monoisotopic (exact) mass is 416 g/mol. The highest BCUT2D eigenvalue weighted by Gasteiger charge is 2.15.